The highest BCUT2D eigenvalue weighted by Crippen LogP contribution is 2.39. The van der Waals surface area contributed by atoms with Crippen molar-refractivity contribution in [2.75, 3.05) is 30.4 Å². The fourth-order valence-corrected chi connectivity index (χ4v) is 6.47. The minimum absolute atomic E-state index is 0.0436. The second kappa shape index (κ2) is 11.9. The van der Waals surface area contributed by atoms with Crippen molar-refractivity contribution in [2.24, 2.45) is 5.92 Å². The van der Waals surface area contributed by atoms with Gasteiger partial charge >= 0.3 is 0 Å². The molecule has 0 radical (unpaired) electrons. The van der Waals surface area contributed by atoms with Gasteiger partial charge in [-0.15, -0.1) is 0 Å². The van der Waals surface area contributed by atoms with E-state index in [0.29, 0.717) is 46.8 Å². The summed E-state index contributed by atoms with van der Waals surface area (Å²) in [6, 6.07) is 25.7. The van der Waals surface area contributed by atoms with Gasteiger partial charge in [0.05, 0.1) is 24.0 Å². The number of nitrogens with one attached hydrogen (secondary N) is 2. The van der Waals surface area contributed by atoms with Gasteiger partial charge in [-0.25, -0.2) is 0 Å². The van der Waals surface area contributed by atoms with E-state index in [-0.39, 0.29) is 23.3 Å². The highest BCUT2D eigenvalue weighted by molar-refractivity contribution is 9.10. The molecule has 0 unspecified atom stereocenters. The molecule has 2 N–H and O–H groups in total. The van der Waals surface area contributed by atoms with E-state index in [4.69, 9.17) is 4.74 Å². The van der Waals surface area contributed by atoms with Gasteiger partial charge in [0, 0.05) is 53.9 Å². The molecule has 2 bridgehead atoms. The Bertz CT molecular complexity index is 1700. The van der Waals surface area contributed by atoms with Gasteiger partial charge in [0.2, 0.25) is 0 Å². The first-order chi connectivity index (χ1) is 20.4. The molecule has 3 heterocycles. The van der Waals surface area contributed by atoms with Crippen LogP contribution in [0, 0.1) is 5.92 Å². The second-order valence-corrected chi connectivity index (χ2v) is 11.7. The molecule has 2 aliphatic rings. The van der Waals surface area contributed by atoms with Gasteiger partial charge < -0.3 is 24.8 Å². The molecule has 2 amide bonds. The SMILES string of the molecule is COc1ccc(CNC(=O)c2ccc(N3C[C@H]4C[C@@H](C3)c3cccc(=O)n3C4)c(NC(=O)c3ccccc3Br)c2)cc1. The quantitative estimate of drug-likeness (QED) is 0.286. The molecule has 0 spiro atoms. The summed E-state index contributed by atoms with van der Waals surface area (Å²) in [6.07, 6.45) is 1.02. The lowest BCUT2D eigenvalue weighted by molar-refractivity contribution is 0.0949. The van der Waals surface area contributed by atoms with Crippen LogP contribution in [0.1, 0.15) is 44.3 Å². The minimum atomic E-state index is -0.270. The van der Waals surface area contributed by atoms with Crippen LogP contribution in [0.3, 0.4) is 0 Å². The number of carbonyl (C=O) groups excluding carboxylic acids is 2. The largest absolute Gasteiger partial charge is 0.497 e. The highest BCUT2D eigenvalue weighted by Gasteiger charge is 2.35. The van der Waals surface area contributed by atoms with Crippen molar-refractivity contribution in [1.29, 1.82) is 0 Å². The molecule has 3 aromatic carbocycles. The summed E-state index contributed by atoms with van der Waals surface area (Å²) in [7, 11) is 1.61. The summed E-state index contributed by atoms with van der Waals surface area (Å²) < 4.78 is 7.80. The molecule has 4 aromatic rings. The van der Waals surface area contributed by atoms with E-state index in [1.165, 1.54) is 0 Å². The Balaban J connectivity index is 1.28. The number of amides is 2. The van der Waals surface area contributed by atoms with E-state index in [9.17, 15) is 14.4 Å². The van der Waals surface area contributed by atoms with Gasteiger partial charge in [-0.3, -0.25) is 14.4 Å². The third-order valence-corrected chi connectivity index (χ3v) is 8.75. The lowest BCUT2D eigenvalue weighted by Gasteiger charge is -2.44. The predicted molar refractivity (Wildman–Crippen MR) is 166 cm³/mol. The Hall–Kier alpha value is -4.37. The number of benzene rings is 3. The van der Waals surface area contributed by atoms with Gasteiger partial charge in [0.15, 0.2) is 0 Å². The smallest absolute Gasteiger partial charge is 0.256 e. The van der Waals surface area contributed by atoms with Crippen molar-refractivity contribution in [2.45, 2.75) is 25.4 Å². The molecule has 1 fully saturated rings. The average molecular weight is 628 g/mol. The first kappa shape index (κ1) is 27.8. The molecule has 1 aromatic heterocycles. The Morgan fingerprint density at radius 1 is 0.929 bits per heavy atom. The molecule has 2 aliphatic heterocycles. The van der Waals surface area contributed by atoms with Crippen LogP contribution in [0.15, 0.2) is 94.2 Å². The van der Waals surface area contributed by atoms with Gasteiger partial charge in [-0.2, -0.15) is 0 Å². The van der Waals surface area contributed by atoms with Crippen LogP contribution in [-0.4, -0.2) is 36.6 Å². The Morgan fingerprint density at radius 3 is 2.52 bits per heavy atom. The van der Waals surface area contributed by atoms with Crippen LogP contribution in [-0.2, 0) is 13.1 Å². The number of rotatable bonds is 7. The maximum Gasteiger partial charge on any atom is 0.256 e. The number of carbonyl (C=O) groups is 2. The van der Waals surface area contributed by atoms with E-state index in [0.717, 1.165) is 35.7 Å². The molecular formula is C33H31BrN4O4. The molecule has 9 heteroatoms. The molecule has 8 nitrogen and oxygen atoms in total. The Morgan fingerprint density at radius 2 is 1.74 bits per heavy atom. The first-order valence-electron chi connectivity index (χ1n) is 14.0. The first-order valence-corrected chi connectivity index (χ1v) is 14.7. The summed E-state index contributed by atoms with van der Waals surface area (Å²) in [5, 5.41) is 6.06. The number of anilines is 2. The number of ether oxygens (including phenoxy) is 1. The number of hydrogen-bond acceptors (Lipinski definition) is 5. The minimum Gasteiger partial charge on any atom is -0.497 e. The summed E-state index contributed by atoms with van der Waals surface area (Å²) in [6.45, 7) is 2.49. The summed E-state index contributed by atoms with van der Waals surface area (Å²) in [5.74, 6) is 0.746. The summed E-state index contributed by atoms with van der Waals surface area (Å²) >= 11 is 3.48. The second-order valence-electron chi connectivity index (χ2n) is 10.8. The van der Waals surface area contributed by atoms with Crippen LogP contribution in [0.25, 0.3) is 0 Å². The lowest BCUT2D eigenvalue weighted by Crippen LogP contribution is -2.47. The van der Waals surface area contributed by atoms with E-state index in [2.05, 4.69) is 31.5 Å². The Labute approximate surface area is 252 Å². The molecule has 2 atom stereocenters. The molecule has 42 heavy (non-hydrogen) atoms. The zero-order chi connectivity index (χ0) is 29.2. The third kappa shape index (κ3) is 5.69. The Kier molecular flexibility index (Phi) is 7.84. The number of piperidine rings is 1. The highest BCUT2D eigenvalue weighted by atomic mass is 79.9. The van der Waals surface area contributed by atoms with E-state index >= 15 is 0 Å². The standard InChI is InChI=1S/C33H31BrN4O4/c1-42-25-12-9-21(10-13-25)17-35-32(40)23-11-14-30(28(16-23)36-33(41)26-5-2-3-6-27(26)34)37-18-22-15-24(20-37)29-7-4-8-31(39)38(29)19-22/h2-14,16,22,24H,15,17-20H2,1H3,(H,35,40)(H,36,41)/t22-,24+/m1/s1. The fraction of sp³-hybridized carbons (Fsp3) is 0.242. The van der Waals surface area contributed by atoms with Crippen molar-refractivity contribution < 1.29 is 14.3 Å². The molecule has 214 valence electrons. The van der Waals surface area contributed by atoms with Crippen LogP contribution >= 0.6 is 15.9 Å². The molecular weight excluding hydrogens is 596 g/mol. The summed E-state index contributed by atoms with van der Waals surface area (Å²) in [4.78, 5) is 41.4. The lowest BCUT2D eigenvalue weighted by atomic mass is 9.83. The number of fused-ring (bicyclic) bond motifs is 4. The molecule has 1 saturated heterocycles. The maximum absolute atomic E-state index is 13.4. The van der Waals surface area contributed by atoms with E-state index < -0.39 is 0 Å². The number of hydrogen-bond donors (Lipinski definition) is 2. The third-order valence-electron chi connectivity index (χ3n) is 8.06. The van der Waals surface area contributed by atoms with Crippen LogP contribution < -0.4 is 25.8 Å². The van der Waals surface area contributed by atoms with Crippen LogP contribution in [0.5, 0.6) is 5.75 Å². The number of pyridine rings is 1. The summed E-state index contributed by atoms with van der Waals surface area (Å²) in [5.41, 5.74) is 4.41. The molecule has 6 rings (SSSR count). The number of methoxy groups -OCH3 is 1. The van der Waals surface area contributed by atoms with E-state index in [1.54, 1.807) is 31.4 Å². The maximum atomic E-state index is 13.4. The van der Waals surface area contributed by atoms with Crippen LogP contribution in [0.2, 0.25) is 0 Å². The molecule has 0 aliphatic carbocycles. The average Bonchev–Trinajstić information content (AvgIpc) is 3.00. The van der Waals surface area contributed by atoms with Crippen molar-refractivity contribution in [3.63, 3.8) is 0 Å². The zero-order valence-electron chi connectivity index (χ0n) is 23.2. The van der Waals surface area contributed by atoms with Gasteiger partial charge in [0.1, 0.15) is 5.75 Å². The van der Waals surface area contributed by atoms with Gasteiger partial charge in [-0.05, 0) is 82.4 Å². The van der Waals surface area contributed by atoms with Crippen LogP contribution in [0.4, 0.5) is 11.4 Å². The number of aromatic nitrogens is 1. The van der Waals surface area contributed by atoms with Crippen molar-refractivity contribution >= 4 is 39.1 Å². The zero-order valence-corrected chi connectivity index (χ0v) is 24.8. The fourth-order valence-electron chi connectivity index (χ4n) is 6.01. The predicted octanol–water partition coefficient (Wildman–Crippen LogP) is 5.43. The van der Waals surface area contributed by atoms with Gasteiger partial charge in [-0.1, -0.05) is 30.3 Å². The normalized spacial score (nSPS) is 17.2. The topological polar surface area (TPSA) is 92.7 Å². The monoisotopic (exact) mass is 626 g/mol. The van der Waals surface area contributed by atoms with Gasteiger partial charge in [0.25, 0.3) is 17.4 Å². The van der Waals surface area contributed by atoms with Crippen molar-refractivity contribution in [3.8, 4) is 5.75 Å². The van der Waals surface area contributed by atoms with Crippen molar-refractivity contribution in [3.05, 3.63) is 122 Å². The molecule has 0 saturated carbocycles. The number of halogens is 1. The number of nitrogens with zero attached hydrogens (tertiary/aromatic N) is 2. The van der Waals surface area contributed by atoms with Crippen molar-refractivity contribution in [1.82, 2.24) is 9.88 Å². The van der Waals surface area contributed by atoms with E-state index in [1.807, 2.05) is 65.2 Å².